The predicted molar refractivity (Wildman–Crippen MR) is 76.4 cm³/mol. The van der Waals surface area contributed by atoms with E-state index in [1.165, 1.54) is 6.07 Å². The number of nitrogens with zero attached hydrogens (tertiary/aromatic N) is 2. The monoisotopic (exact) mass is 342 g/mol. The first kappa shape index (κ1) is 14.9. The number of benzene rings is 1. The van der Waals surface area contributed by atoms with Crippen LogP contribution in [0.2, 0.25) is 0 Å². The maximum Gasteiger partial charge on any atom is 0.303 e. The fourth-order valence-corrected chi connectivity index (χ4v) is 3.07. The summed E-state index contributed by atoms with van der Waals surface area (Å²) in [5, 5.41) is 19.7. The Labute approximate surface area is 124 Å². The quantitative estimate of drug-likeness (QED) is 0.656. The highest BCUT2D eigenvalue weighted by Crippen LogP contribution is 2.30. The summed E-state index contributed by atoms with van der Waals surface area (Å²) >= 11 is 3.28. The number of hydrogen-bond donors (Lipinski definition) is 1. The van der Waals surface area contributed by atoms with E-state index in [-0.39, 0.29) is 18.0 Å². The minimum absolute atomic E-state index is 0.0591. The van der Waals surface area contributed by atoms with Gasteiger partial charge in [0.25, 0.3) is 5.69 Å². The fraction of sp³-hybridized carbons (Fsp3) is 0.462. The number of rotatable bonds is 5. The Kier molecular flexibility index (Phi) is 4.72. The molecule has 0 bridgehead atoms. The number of nitro benzene ring substituents is 1. The molecule has 1 atom stereocenters. The van der Waals surface area contributed by atoms with E-state index in [4.69, 9.17) is 5.11 Å². The lowest BCUT2D eigenvalue weighted by molar-refractivity contribution is -0.385. The summed E-state index contributed by atoms with van der Waals surface area (Å²) in [5.41, 5.74) is 0.916. The van der Waals surface area contributed by atoms with Crippen molar-refractivity contribution in [3.8, 4) is 0 Å². The maximum absolute atomic E-state index is 10.9. The van der Waals surface area contributed by atoms with Crippen molar-refractivity contribution in [3.05, 3.63) is 38.3 Å². The maximum atomic E-state index is 10.9. The third kappa shape index (κ3) is 3.55. The Morgan fingerprint density at radius 3 is 2.95 bits per heavy atom. The van der Waals surface area contributed by atoms with Crippen molar-refractivity contribution in [3.63, 3.8) is 0 Å². The summed E-state index contributed by atoms with van der Waals surface area (Å²) in [6.07, 6.45) is 1.05. The topological polar surface area (TPSA) is 83.7 Å². The van der Waals surface area contributed by atoms with Crippen molar-refractivity contribution in [1.82, 2.24) is 4.90 Å². The molecule has 108 valence electrons. The molecule has 1 aliphatic rings. The number of carboxylic acid groups (broad SMARTS) is 1. The number of aliphatic carboxylic acids is 1. The smallest absolute Gasteiger partial charge is 0.303 e. The molecule has 1 aromatic carbocycles. The molecule has 1 fully saturated rings. The van der Waals surface area contributed by atoms with Crippen LogP contribution in [-0.2, 0) is 11.3 Å². The van der Waals surface area contributed by atoms with Crippen LogP contribution >= 0.6 is 15.9 Å². The van der Waals surface area contributed by atoms with Gasteiger partial charge >= 0.3 is 5.97 Å². The Morgan fingerprint density at radius 1 is 1.55 bits per heavy atom. The number of halogens is 1. The van der Waals surface area contributed by atoms with Gasteiger partial charge in [0.2, 0.25) is 0 Å². The van der Waals surface area contributed by atoms with E-state index in [0.29, 0.717) is 11.0 Å². The zero-order valence-corrected chi connectivity index (χ0v) is 12.4. The van der Waals surface area contributed by atoms with E-state index >= 15 is 0 Å². The van der Waals surface area contributed by atoms with Gasteiger partial charge in [-0.15, -0.1) is 0 Å². The third-order valence-electron chi connectivity index (χ3n) is 3.48. The average Bonchev–Trinajstić information content (AvgIpc) is 2.78. The fourth-order valence-electron chi connectivity index (χ4n) is 2.54. The number of hydrogen-bond acceptors (Lipinski definition) is 4. The highest BCUT2D eigenvalue weighted by molar-refractivity contribution is 9.10. The molecule has 1 N–H and O–H groups in total. The minimum Gasteiger partial charge on any atom is -0.481 e. The molecule has 1 unspecified atom stereocenters. The van der Waals surface area contributed by atoms with Gasteiger partial charge in [-0.05, 0) is 40.4 Å². The summed E-state index contributed by atoms with van der Waals surface area (Å²) in [6.45, 7) is 2.15. The van der Waals surface area contributed by atoms with E-state index in [0.717, 1.165) is 25.1 Å². The van der Waals surface area contributed by atoms with Crippen LogP contribution in [0.5, 0.6) is 0 Å². The second kappa shape index (κ2) is 6.32. The number of nitro groups is 1. The van der Waals surface area contributed by atoms with Crippen LogP contribution in [0.3, 0.4) is 0 Å². The molecule has 0 aliphatic carbocycles. The van der Waals surface area contributed by atoms with E-state index in [2.05, 4.69) is 20.8 Å². The van der Waals surface area contributed by atoms with E-state index in [9.17, 15) is 14.9 Å². The lowest BCUT2D eigenvalue weighted by atomic mass is 10.1. The third-order valence-corrected chi connectivity index (χ3v) is 4.40. The lowest BCUT2D eigenvalue weighted by Gasteiger charge is -2.16. The van der Waals surface area contributed by atoms with E-state index in [1.54, 1.807) is 6.07 Å². The Hall–Kier alpha value is -1.47. The molecular weight excluding hydrogens is 328 g/mol. The van der Waals surface area contributed by atoms with Crippen LogP contribution in [0.4, 0.5) is 5.69 Å². The van der Waals surface area contributed by atoms with E-state index in [1.807, 2.05) is 6.07 Å². The van der Waals surface area contributed by atoms with Crippen molar-refractivity contribution < 1.29 is 14.8 Å². The second-order valence-corrected chi connectivity index (χ2v) is 5.79. The van der Waals surface area contributed by atoms with Gasteiger partial charge in [-0.1, -0.05) is 12.1 Å². The Balaban J connectivity index is 2.03. The zero-order valence-electron chi connectivity index (χ0n) is 10.8. The highest BCUT2D eigenvalue weighted by Gasteiger charge is 2.25. The Bertz CT molecular complexity index is 535. The SMILES string of the molecule is O=C(O)CC1CCN(Cc2cccc([N+](=O)[O-])c2Br)C1. The summed E-state index contributed by atoms with van der Waals surface area (Å²) in [6, 6.07) is 4.98. The number of carbonyl (C=O) groups is 1. The van der Waals surface area contributed by atoms with Gasteiger partial charge < -0.3 is 5.11 Å². The first-order valence-corrected chi connectivity index (χ1v) is 7.12. The predicted octanol–water partition coefficient (Wildman–Crippen LogP) is 2.65. The molecule has 7 heteroatoms. The first-order chi connectivity index (χ1) is 9.47. The molecular formula is C13H15BrN2O4. The van der Waals surface area contributed by atoms with Crippen LogP contribution in [-0.4, -0.2) is 34.0 Å². The van der Waals surface area contributed by atoms with Crippen LogP contribution < -0.4 is 0 Å². The Morgan fingerprint density at radius 2 is 2.30 bits per heavy atom. The molecule has 1 aliphatic heterocycles. The molecule has 0 amide bonds. The molecule has 1 heterocycles. The molecule has 0 saturated carbocycles. The highest BCUT2D eigenvalue weighted by atomic mass is 79.9. The normalized spacial score (nSPS) is 19.1. The molecule has 1 saturated heterocycles. The van der Waals surface area contributed by atoms with Gasteiger partial charge in [0.1, 0.15) is 0 Å². The van der Waals surface area contributed by atoms with Crippen LogP contribution in [0.15, 0.2) is 22.7 Å². The first-order valence-electron chi connectivity index (χ1n) is 6.33. The molecule has 1 aromatic rings. The van der Waals surface area contributed by atoms with Crippen molar-refractivity contribution >= 4 is 27.6 Å². The van der Waals surface area contributed by atoms with Gasteiger partial charge in [0, 0.05) is 25.6 Å². The lowest BCUT2D eigenvalue weighted by Crippen LogP contribution is -2.21. The average molecular weight is 343 g/mol. The van der Waals surface area contributed by atoms with Crippen molar-refractivity contribution in [2.75, 3.05) is 13.1 Å². The number of likely N-dealkylation sites (tertiary alicyclic amines) is 1. The molecule has 2 rings (SSSR count). The van der Waals surface area contributed by atoms with Gasteiger partial charge in [0.15, 0.2) is 0 Å². The van der Waals surface area contributed by atoms with Gasteiger partial charge in [0.05, 0.1) is 9.40 Å². The van der Waals surface area contributed by atoms with Crippen LogP contribution in [0, 0.1) is 16.0 Å². The second-order valence-electron chi connectivity index (χ2n) is 5.00. The summed E-state index contributed by atoms with van der Waals surface area (Å²) < 4.78 is 0.506. The van der Waals surface area contributed by atoms with Gasteiger partial charge in [-0.25, -0.2) is 0 Å². The van der Waals surface area contributed by atoms with Crippen molar-refractivity contribution in [1.29, 1.82) is 0 Å². The minimum atomic E-state index is -0.770. The van der Waals surface area contributed by atoms with Crippen LogP contribution in [0.1, 0.15) is 18.4 Å². The zero-order chi connectivity index (χ0) is 14.7. The molecule has 6 nitrogen and oxygen atoms in total. The summed E-state index contributed by atoms with van der Waals surface area (Å²) in [5.74, 6) is -0.599. The molecule has 0 aromatic heterocycles. The largest absolute Gasteiger partial charge is 0.481 e. The van der Waals surface area contributed by atoms with E-state index < -0.39 is 10.9 Å². The van der Waals surface area contributed by atoms with Gasteiger partial charge in [-0.3, -0.25) is 19.8 Å². The molecule has 20 heavy (non-hydrogen) atoms. The van der Waals surface area contributed by atoms with Crippen molar-refractivity contribution in [2.24, 2.45) is 5.92 Å². The van der Waals surface area contributed by atoms with Crippen molar-refractivity contribution in [2.45, 2.75) is 19.4 Å². The summed E-state index contributed by atoms with van der Waals surface area (Å²) in [4.78, 5) is 23.3. The summed E-state index contributed by atoms with van der Waals surface area (Å²) in [7, 11) is 0. The molecule has 0 spiro atoms. The van der Waals surface area contributed by atoms with Gasteiger partial charge in [-0.2, -0.15) is 0 Å². The van der Waals surface area contributed by atoms with Crippen LogP contribution in [0.25, 0.3) is 0 Å². The molecule has 0 radical (unpaired) electrons. The standard InChI is InChI=1S/C13H15BrN2O4/c14-13-10(2-1-3-11(13)16(19)20)8-15-5-4-9(7-15)6-12(17)18/h1-3,9H,4-8H2,(H,17,18). The number of carboxylic acids is 1.